The van der Waals surface area contributed by atoms with Crippen LogP contribution in [0, 0.1) is 13.8 Å². The summed E-state index contributed by atoms with van der Waals surface area (Å²) in [6.07, 6.45) is 0. The van der Waals surface area contributed by atoms with Gasteiger partial charge in [0.05, 0.1) is 0 Å². The number of nitrogens with zero attached hydrogens (tertiary/aromatic N) is 1. The van der Waals surface area contributed by atoms with Crippen LogP contribution in [0.4, 0.5) is 0 Å². The third kappa shape index (κ3) is 1.20. The van der Waals surface area contributed by atoms with Crippen LogP contribution in [-0.4, -0.2) is 4.57 Å². The van der Waals surface area contributed by atoms with Crippen LogP contribution in [0.15, 0.2) is 29.1 Å². The molecular formula is C16H15NO. The Morgan fingerprint density at radius 2 is 1.50 bits per heavy atom. The van der Waals surface area contributed by atoms with Crippen LogP contribution in [0.1, 0.15) is 11.1 Å². The van der Waals surface area contributed by atoms with Gasteiger partial charge in [0.15, 0.2) is 0 Å². The Hall–Kier alpha value is -2.09. The van der Waals surface area contributed by atoms with Crippen LogP contribution in [0.5, 0.6) is 0 Å². The Bertz CT molecular complexity index is 818. The van der Waals surface area contributed by atoms with E-state index in [0.717, 1.165) is 21.5 Å². The van der Waals surface area contributed by atoms with Gasteiger partial charge in [-0.05, 0) is 36.4 Å². The Balaban J connectivity index is 2.86. The molecule has 1 heterocycles. The lowest BCUT2D eigenvalue weighted by Gasteiger charge is -2.12. The maximum Gasteiger partial charge on any atom is 0.258 e. The smallest absolute Gasteiger partial charge is 0.258 e. The molecule has 0 amide bonds. The van der Waals surface area contributed by atoms with Gasteiger partial charge >= 0.3 is 0 Å². The molecule has 0 spiro atoms. The number of hydrogen-bond acceptors (Lipinski definition) is 1. The van der Waals surface area contributed by atoms with Crippen LogP contribution in [0.3, 0.4) is 0 Å². The molecule has 0 aliphatic carbocycles. The minimum Gasteiger partial charge on any atom is -0.311 e. The average Bonchev–Trinajstić information content (AvgIpc) is 2.35. The first-order valence-corrected chi connectivity index (χ1v) is 6.02. The highest BCUT2D eigenvalue weighted by molar-refractivity contribution is 6.11. The van der Waals surface area contributed by atoms with E-state index >= 15 is 0 Å². The van der Waals surface area contributed by atoms with E-state index in [4.69, 9.17) is 0 Å². The second-order valence-corrected chi connectivity index (χ2v) is 4.92. The number of aromatic nitrogens is 1. The zero-order chi connectivity index (χ0) is 13.0. The molecule has 18 heavy (non-hydrogen) atoms. The normalized spacial score (nSPS) is 11.5. The van der Waals surface area contributed by atoms with E-state index in [1.54, 1.807) is 11.6 Å². The summed E-state index contributed by atoms with van der Waals surface area (Å²) < 4.78 is 1.63. The standard InChI is InChI=1S/C16H15NO/c1-9-5-7-12-11(3)17(4)16(18)13-8-6-10(2)14(9)15(12)13/h5-8H,3H2,1-2,4H3. The molecule has 2 aromatic carbocycles. The second-order valence-electron chi connectivity index (χ2n) is 4.92. The second kappa shape index (κ2) is 3.45. The molecule has 0 unspecified atom stereocenters. The van der Waals surface area contributed by atoms with Gasteiger partial charge in [-0.1, -0.05) is 24.8 Å². The highest BCUT2D eigenvalue weighted by Crippen LogP contribution is 2.28. The van der Waals surface area contributed by atoms with E-state index in [1.807, 2.05) is 12.1 Å². The van der Waals surface area contributed by atoms with Gasteiger partial charge in [0.25, 0.3) is 5.56 Å². The van der Waals surface area contributed by atoms with E-state index in [-0.39, 0.29) is 5.56 Å². The molecule has 0 N–H and O–H groups in total. The first kappa shape index (κ1) is 11.0. The zero-order valence-electron chi connectivity index (χ0n) is 10.9. The van der Waals surface area contributed by atoms with Crippen LogP contribution in [0.2, 0.25) is 0 Å². The minimum absolute atomic E-state index is 0.0306. The molecule has 1 aromatic heterocycles. The highest BCUT2D eigenvalue weighted by atomic mass is 16.1. The molecule has 2 nitrogen and oxygen atoms in total. The minimum atomic E-state index is 0.0306. The molecule has 3 aromatic rings. The highest BCUT2D eigenvalue weighted by Gasteiger charge is 2.11. The van der Waals surface area contributed by atoms with Crippen LogP contribution in [0.25, 0.3) is 28.1 Å². The van der Waals surface area contributed by atoms with E-state index < -0.39 is 0 Å². The summed E-state index contributed by atoms with van der Waals surface area (Å²) in [6, 6.07) is 8.11. The van der Waals surface area contributed by atoms with Crippen molar-refractivity contribution in [3.63, 3.8) is 0 Å². The maximum absolute atomic E-state index is 12.3. The number of pyridine rings is 1. The van der Waals surface area contributed by atoms with Gasteiger partial charge in [-0.2, -0.15) is 0 Å². The Kier molecular flexibility index (Phi) is 2.11. The van der Waals surface area contributed by atoms with Gasteiger partial charge in [-0.15, -0.1) is 0 Å². The Labute approximate surface area is 105 Å². The lowest BCUT2D eigenvalue weighted by atomic mass is 9.95. The monoisotopic (exact) mass is 237 g/mol. The van der Waals surface area contributed by atoms with Crippen LogP contribution in [-0.2, 0) is 7.05 Å². The van der Waals surface area contributed by atoms with Gasteiger partial charge in [-0.3, -0.25) is 4.79 Å². The summed E-state index contributed by atoms with van der Waals surface area (Å²) in [4.78, 5) is 12.3. The van der Waals surface area contributed by atoms with Crippen molar-refractivity contribution in [2.24, 2.45) is 7.05 Å². The number of benzene rings is 2. The summed E-state index contributed by atoms with van der Waals surface area (Å²) in [6.45, 7) is 8.20. The Morgan fingerprint density at radius 1 is 0.944 bits per heavy atom. The van der Waals surface area contributed by atoms with Crippen LogP contribution >= 0.6 is 0 Å². The van der Waals surface area contributed by atoms with Crippen LogP contribution < -0.4 is 10.9 Å². The molecule has 0 saturated heterocycles. The molecule has 90 valence electrons. The summed E-state index contributed by atoms with van der Waals surface area (Å²) >= 11 is 0. The van der Waals surface area contributed by atoms with E-state index in [9.17, 15) is 4.79 Å². The quantitative estimate of drug-likeness (QED) is 0.588. The molecule has 3 rings (SSSR count). The van der Waals surface area contributed by atoms with E-state index in [0.29, 0.717) is 0 Å². The predicted octanol–water partition coefficient (Wildman–Crippen LogP) is 2.44. The van der Waals surface area contributed by atoms with Crippen molar-refractivity contribution in [2.45, 2.75) is 13.8 Å². The molecule has 0 aliphatic heterocycles. The predicted molar refractivity (Wildman–Crippen MR) is 76.9 cm³/mol. The summed E-state index contributed by atoms with van der Waals surface area (Å²) in [5.74, 6) is 0. The van der Waals surface area contributed by atoms with Crippen molar-refractivity contribution in [3.05, 3.63) is 51.1 Å². The van der Waals surface area contributed by atoms with E-state index in [1.165, 1.54) is 16.5 Å². The number of aryl methyl sites for hydroxylation is 2. The molecule has 0 atom stereocenters. The molecule has 0 fully saturated rings. The summed E-state index contributed by atoms with van der Waals surface area (Å²) in [5.41, 5.74) is 2.44. The average molecular weight is 237 g/mol. The van der Waals surface area contributed by atoms with Crippen molar-refractivity contribution < 1.29 is 0 Å². The fourth-order valence-corrected chi connectivity index (χ4v) is 2.77. The fourth-order valence-electron chi connectivity index (χ4n) is 2.77. The third-order valence-electron chi connectivity index (χ3n) is 3.83. The van der Waals surface area contributed by atoms with Crippen molar-refractivity contribution in [1.29, 1.82) is 0 Å². The van der Waals surface area contributed by atoms with E-state index in [2.05, 4.69) is 32.6 Å². The van der Waals surface area contributed by atoms with Crippen molar-refractivity contribution >= 4 is 28.1 Å². The SMILES string of the molecule is C=c1c2ccc(C)c3c(C)ccc(c(=O)n1C)c32. The van der Waals surface area contributed by atoms with Crippen molar-refractivity contribution in [2.75, 3.05) is 0 Å². The molecule has 0 bridgehead atoms. The zero-order valence-corrected chi connectivity index (χ0v) is 10.9. The van der Waals surface area contributed by atoms with Gasteiger partial charge in [0.1, 0.15) is 0 Å². The van der Waals surface area contributed by atoms with Gasteiger partial charge in [0, 0.05) is 28.6 Å². The topological polar surface area (TPSA) is 22.0 Å². The number of rotatable bonds is 0. The first-order valence-electron chi connectivity index (χ1n) is 6.02. The summed E-state index contributed by atoms with van der Waals surface area (Å²) in [5, 5.41) is 4.87. The van der Waals surface area contributed by atoms with Gasteiger partial charge in [-0.25, -0.2) is 0 Å². The molecule has 0 saturated carbocycles. The fraction of sp³-hybridized carbons (Fsp3) is 0.188. The third-order valence-corrected chi connectivity index (χ3v) is 3.83. The van der Waals surface area contributed by atoms with Gasteiger partial charge < -0.3 is 4.57 Å². The lowest BCUT2D eigenvalue weighted by molar-refractivity contribution is 0.849. The van der Waals surface area contributed by atoms with Gasteiger partial charge in [0.2, 0.25) is 0 Å². The maximum atomic E-state index is 12.3. The van der Waals surface area contributed by atoms with Crippen molar-refractivity contribution in [3.8, 4) is 0 Å². The first-order chi connectivity index (χ1) is 8.52. The Morgan fingerprint density at radius 3 is 2.11 bits per heavy atom. The number of hydrogen-bond donors (Lipinski definition) is 0. The molecule has 2 heteroatoms. The molecular weight excluding hydrogens is 222 g/mol. The molecule has 0 aliphatic rings. The summed E-state index contributed by atoms with van der Waals surface area (Å²) in [7, 11) is 1.78. The largest absolute Gasteiger partial charge is 0.311 e. The molecule has 0 radical (unpaired) electrons. The van der Waals surface area contributed by atoms with Crippen molar-refractivity contribution in [1.82, 2.24) is 4.57 Å². The lowest BCUT2D eigenvalue weighted by Crippen LogP contribution is -2.30.